The van der Waals surface area contributed by atoms with Crippen molar-refractivity contribution in [1.29, 1.82) is 0 Å². The van der Waals surface area contributed by atoms with Crippen LogP contribution in [-0.4, -0.2) is 24.1 Å². The van der Waals surface area contributed by atoms with Crippen molar-refractivity contribution in [3.63, 3.8) is 0 Å². The van der Waals surface area contributed by atoms with Gasteiger partial charge in [-0.2, -0.15) is 0 Å². The van der Waals surface area contributed by atoms with Crippen LogP contribution < -0.4 is 15.8 Å². The van der Waals surface area contributed by atoms with Gasteiger partial charge in [-0.25, -0.2) is 4.39 Å². The first-order chi connectivity index (χ1) is 9.99. The summed E-state index contributed by atoms with van der Waals surface area (Å²) in [6.07, 6.45) is 4.44. The van der Waals surface area contributed by atoms with E-state index >= 15 is 0 Å². The smallest absolute Gasteiger partial charge is 0.240 e. The SMILES string of the molecule is CC(CNC(=O)C1(N)CCCCC1)Oc1ccc(F)cc1. The summed E-state index contributed by atoms with van der Waals surface area (Å²) in [5.41, 5.74) is 5.44. The molecular weight excluding hydrogens is 271 g/mol. The quantitative estimate of drug-likeness (QED) is 0.876. The number of carbonyl (C=O) groups is 1. The summed E-state index contributed by atoms with van der Waals surface area (Å²) in [6.45, 7) is 2.24. The van der Waals surface area contributed by atoms with Crippen LogP contribution in [0.25, 0.3) is 0 Å². The van der Waals surface area contributed by atoms with Gasteiger partial charge < -0.3 is 15.8 Å². The van der Waals surface area contributed by atoms with Gasteiger partial charge in [-0.05, 0) is 44.0 Å². The molecule has 1 aromatic carbocycles. The van der Waals surface area contributed by atoms with Crippen LogP contribution in [0.1, 0.15) is 39.0 Å². The van der Waals surface area contributed by atoms with E-state index in [0.29, 0.717) is 12.3 Å². The molecule has 0 spiro atoms. The van der Waals surface area contributed by atoms with Gasteiger partial charge in [-0.3, -0.25) is 4.79 Å². The first-order valence-electron chi connectivity index (χ1n) is 7.49. The van der Waals surface area contributed by atoms with Gasteiger partial charge in [0.25, 0.3) is 0 Å². The highest BCUT2D eigenvalue weighted by Crippen LogP contribution is 2.25. The summed E-state index contributed by atoms with van der Waals surface area (Å²) in [7, 11) is 0. The van der Waals surface area contributed by atoms with Gasteiger partial charge in [0, 0.05) is 0 Å². The molecule has 0 aliphatic heterocycles. The van der Waals surface area contributed by atoms with Crippen LogP contribution in [0.2, 0.25) is 0 Å². The normalized spacial score (nSPS) is 18.8. The van der Waals surface area contributed by atoms with E-state index < -0.39 is 5.54 Å². The lowest BCUT2D eigenvalue weighted by molar-refractivity contribution is -0.127. The Morgan fingerprint density at radius 2 is 1.95 bits per heavy atom. The zero-order valence-corrected chi connectivity index (χ0v) is 12.4. The Hall–Kier alpha value is -1.62. The summed E-state index contributed by atoms with van der Waals surface area (Å²) >= 11 is 0. The molecule has 5 heteroatoms. The van der Waals surface area contributed by atoms with Gasteiger partial charge in [-0.1, -0.05) is 19.3 Å². The van der Waals surface area contributed by atoms with E-state index in [9.17, 15) is 9.18 Å². The number of rotatable bonds is 5. The number of ether oxygens (including phenoxy) is 1. The van der Waals surface area contributed by atoms with Crippen LogP contribution in [-0.2, 0) is 4.79 Å². The third-order valence-electron chi connectivity index (χ3n) is 3.90. The fourth-order valence-corrected chi connectivity index (χ4v) is 2.61. The molecule has 4 nitrogen and oxygen atoms in total. The molecule has 0 heterocycles. The Morgan fingerprint density at radius 3 is 2.57 bits per heavy atom. The molecule has 1 saturated carbocycles. The molecule has 1 amide bonds. The Bertz CT molecular complexity index is 470. The molecule has 1 fully saturated rings. The average Bonchev–Trinajstić information content (AvgIpc) is 2.48. The predicted molar refractivity (Wildman–Crippen MR) is 79.5 cm³/mol. The summed E-state index contributed by atoms with van der Waals surface area (Å²) in [6, 6.07) is 5.83. The van der Waals surface area contributed by atoms with Crippen molar-refractivity contribution in [3.8, 4) is 5.75 Å². The number of nitrogens with one attached hydrogen (secondary N) is 1. The van der Waals surface area contributed by atoms with E-state index in [0.717, 1.165) is 32.1 Å². The second-order valence-corrected chi connectivity index (χ2v) is 5.81. The van der Waals surface area contributed by atoms with Gasteiger partial charge in [0.05, 0.1) is 12.1 Å². The van der Waals surface area contributed by atoms with E-state index in [1.807, 2.05) is 6.92 Å². The third kappa shape index (κ3) is 4.43. The summed E-state index contributed by atoms with van der Waals surface area (Å²) in [5.74, 6) is 0.181. The Balaban J connectivity index is 1.79. The molecular formula is C16H23FN2O2. The summed E-state index contributed by atoms with van der Waals surface area (Å²) in [4.78, 5) is 12.2. The van der Waals surface area contributed by atoms with Crippen LogP contribution in [0.5, 0.6) is 5.75 Å². The number of nitrogens with two attached hydrogens (primary N) is 1. The van der Waals surface area contributed by atoms with Crippen LogP contribution in [0.3, 0.4) is 0 Å². The minimum atomic E-state index is -0.728. The molecule has 1 atom stereocenters. The molecule has 0 aromatic heterocycles. The third-order valence-corrected chi connectivity index (χ3v) is 3.90. The lowest BCUT2D eigenvalue weighted by atomic mass is 9.82. The number of halogens is 1. The van der Waals surface area contributed by atoms with Crippen molar-refractivity contribution in [2.24, 2.45) is 5.73 Å². The molecule has 1 aromatic rings. The van der Waals surface area contributed by atoms with Gasteiger partial charge in [0.2, 0.25) is 5.91 Å². The molecule has 3 N–H and O–H groups in total. The number of hydrogen-bond acceptors (Lipinski definition) is 3. The van der Waals surface area contributed by atoms with Gasteiger partial charge in [0.15, 0.2) is 0 Å². The molecule has 1 unspecified atom stereocenters. The number of amides is 1. The van der Waals surface area contributed by atoms with Crippen molar-refractivity contribution in [2.45, 2.75) is 50.7 Å². The van der Waals surface area contributed by atoms with Crippen molar-refractivity contribution >= 4 is 5.91 Å². The van der Waals surface area contributed by atoms with Crippen molar-refractivity contribution < 1.29 is 13.9 Å². The molecule has 0 radical (unpaired) electrons. The molecule has 1 aliphatic carbocycles. The number of benzene rings is 1. The maximum atomic E-state index is 12.8. The van der Waals surface area contributed by atoms with E-state index in [2.05, 4.69) is 5.32 Å². The largest absolute Gasteiger partial charge is 0.489 e. The minimum absolute atomic E-state index is 0.100. The zero-order valence-electron chi connectivity index (χ0n) is 12.4. The Morgan fingerprint density at radius 1 is 1.33 bits per heavy atom. The lowest BCUT2D eigenvalue weighted by Crippen LogP contribution is -2.56. The first kappa shape index (κ1) is 15.8. The highest BCUT2D eigenvalue weighted by Gasteiger charge is 2.35. The van der Waals surface area contributed by atoms with Gasteiger partial charge >= 0.3 is 0 Å². The summed E-state index contributed by atoms with van der Waals surface area (Å²) < 4.78 is 18.4. The minimum Gasteiger partial charge on any atom is -0.489 e. The van der Waals surface area contributed by atoms with Crippen molar-refractivity contribution in [1.82, 2.24) is 5.32 Å². The van der Waals surface area contributed by atoms with E-state index in [1.165, 1.54) is 12.1 Å². The first-order valence-corrected chi connectivity index (χ1v) is 7.49. The molecule has 2 rings (SSSR count). The monoisotopic (exact) mass is 294 g/mol. The van der Waals surface area contributed by atoms with Crippen LogP contribution in [0, 0.1) is 5.82 Å². The molecule has 0 bridgehead atoms. The van der Waals surface area contributed by atoms with Crippen molar-refractivity contribution in [2.75, 3.05) is 6.54 Å². The fraction of sp³-hybridized carbons (Fsp3) is 0.562. The molecule has 0 saturated heterocycles. The van der Waals surface area contributed by atoms with E-state index in [1.54, 1.807) is 12.1 Å². The van der Waals surface area contributed by atoms with Crippen LogP contribution in [0.15, 0.2) is 24.3 Å². The number of hydrogen-bond donors (Lipinski definition) is 2. The zero-order chi connectivity index (χ0) is 15.3. The standard InChI is InChI=1S/C16H23FN2O2/c1-12(21-14-7-5-13(17)6-8-14)11-19-15(20)16(18)9-3-2-4-10-16/h5-8,12H,2-4,9-11,18H2,1H3,(H,19,20). The van der Waals surface area contributed by atoms with E-state index in [4.69, 9.17) is 10.5 Å². The van der Waals surface area contributed by atoms with Crippen LogP contribution in [0.4, 0.5) is 4.39 Å². The second kappa shape index (κ2) is 6.89. The van der Waals surface area contributed by atoms with Crippen LogP contribution >= 0.6 is 0 Å². The van der Waals surface area contributed by atoms with Gasteiger partial charge in [0.1, 0.15) is 17.7 Å². The topological polar surface area (TPSA) is 64.4 Å². The van der Waals surface area contributed by atoms with E-state index in [-0.39, 0.29) is 17.8 Å². The summed E-state index contributed by atoms with van der Waals surface area (Å²) in [5, 5.41) is 2.86. The molecule has 21 heavy (non-hydrogen) atoms. The predicted octanol–water partition coefficient (Wildman–Crippen LogP) is 2.37. The Kier molecular flexibility index (Phi) is 5.17. The molecule has 1 aliphatic rings. The van der Waals surface area contributed by atoms with Crippen molar-refractivity contribution in [3.05, 3.63) is 30.1 Å². The maximum Gasteiger partial charge on any atom is 0.240 e. The second-order valence-electron chi connectivity index (χ2n) is 5.81. The maximum absolute atomic E-state index is 12.8. The Labute approximate surface area is 124 Å². The lowest BCUT2D eigenvalue weighted by Gasteiger charge is -2.32. The highest BCUT2D eigenvalue weighted by atomic mass is 19.1. The highest BCUT2D eigenvalue weighted by molar-refractivity contribution is 5.86. The fourth-order valence-electron chi connectivity index (χ4n) is 2.61. The average molecular weight is 294 g/mol. The number of carbonyl (C=O) groups excluding carboxylic acids is 1. The van der Waals surface area contributed by atoms with Gasteiger partial charge in [-0.15, -0.1) is 0 Å². The molecule has 116 valence electrons.